The van der Waals surface area contributed by atoms with Crippen molar-refractivity contribution in [1.29, 1.82) is 0 Å². The van der Waals surface area contributed by atoms with E-state index in [0.29, 0.717) is 17.0 Å². The van der Waals surface area contributed by atoms with Gasteiger partial charge in [0.25, 0.3) is 0 Å². The van der Waals surface area contributed by atoms with Gasteiger partial charge in [-0.1, -0.05) is 48.9 Å². The number of terminal acetylenes is 1. The molecule has 0 spiro atoms. The van der Waals surface area contributed by atoms with Gasteiger partial charge in [0.1, 0.15) is 6.04 Å². The summed E-state index contributed by atoms with van der Waals surface area (Å²) in [6.07, 6.45) is 11.6. The van der Waals surface area contributed by atoms with Gasteiger partial charge >= 0.3 is 0 Å². The summed E-state index contributed by atoms with van der Waals surface area (Å²) >= 11 is 5.87. The minimum Gasteiger partial charge on any atom is -0.370 e. The van der Waals surface area contributed by atoms with E-state index in [1.165, 1.54) is 19.3 Å². The summed E-state index contributed by atoms with van der Waals surface area (Å²) in [5.41, 5.74) is 6.92. The van der Waals surface area contributed by atoms with Crippen molar-refractivity contribution in [2.75, 3.05) is 0 Å². The number of nitrogens with one attached hydrogen (secondary N) is 1. The maximum Gasteiger partial charge on any atom is 0.190 e. The molecular formula is C16H20ClN3. The highest BCUT2D eigenvalue weighted by Gasteiger charge is 2.14. The SMILES string of the molecule is C#CC(NC(N)=NC1CCCCC1)c1ccc(Cl)cc1. The van der Waals surface area contributed by atoms with Crippen LogP contribution in [-0.2, 0) is 0 Å². The summed E-state index contributed by atoms with van der Waals surface area (Å²) in [7, 11) is 0. The zero-order chi connectivity index (χ0) is 14.4. The normalized spacial score (nSPS) is 18.3. The number of rotatable bonds is 3. The highest BCUT2D eigenvalue weighted by Crippen LogP contribution is 2.20. The van der Waals surface area contributed by atoms with Crippen molar-refractivity contribution in [3.05, 3.63) is 34.9 Å². The summed E-state index contributed by atoms with van der Waals surface area (Å²) in [5.74, 6) is 3.12. The molecule has 1 atom stereocenters. The van der Waals surface area contributed by atoms with E-state index in [9.17, 15) is 0 Å². The molecule has 1 fully saturated rings. The monoisotopic (exact) mass is 289 g/mol. The zero-order valence-electron chi connectivity index (χ0n) is 11.5. The maximum atomic E-state index is 5.97. The molecule has 1 unspecified atom stereocenters. The molecule has 2 rings (SSSR count). The van der Waals surface area contributed by atoms with Gasteiger partial charge in [0.2, 0.25) is 0 Å². The quantitative estimate of drug-likeness (QED) is 0.510. The Morgan fingerprint density at radius 2 is 1.95 bits per heavy atom. The lowest BCUT2D eigenvalue weighted by Crippen LogP contribution is -2.36. The molecule has 4 heteroatoms. The van der Waals surface area contributed by atoms with Gasteiger partial charge in [0.15, 0.2) is 5.96 Å². The third-order valence-electron chi connectivity index (χ3n) is 3.56. The lowest BCUT2D eigenvalue weighted by atomic mass is 9.96. The van der Waals surface area contributed by atoms with E-state index < -0.39 is 0 Å². The molecule has 1 aromatic rings. The van der Waals surface area contributed by atoms with Crippen molar-refractivity contribution >= 4 is 17.6 Å². The fourth-order valence-corrected chi connectivity index (χ4v) is 2.59. The lowest BCUT2D eigenvalue weighted by Gasteiger charge is -2.20. The van der Waals surface area contributed by atoms with E-state index in [1.807, 2.05) is 24.3 Å². The Balaban J connectivity index is 2.00. The number of benzene rings is 1. The molecule has 0 aliphatic heterocycles. The van der Waals surface area contributed by atoms with Crippen LogP contribution in [0.4, 0.5) is 0 Å². The van der Waals surface area contributed by atoms with E-state index in [4.69, 9.17) is 23.8 Å². The highest BCUT2D eigenvalue weighted by atomic mass is 35.5. The van der Waals surface area contributed by atoms with Crippen LogP contribution >= 0.6 is 11.6 Å². The predicted molar refractivity (Wildman–Crippen MR) is 84.7 cm³/mol. The maximum absolute atomic E-state index is 5.97. The predicted octanol–water partition coefficient (Wildman–Crippen LogP) is 3.25. The summed E-state index contributed by atoms with van der Waals surface area (Å²) in [6.45, 7) is 0. The van der Waals surface area contributed by atoms with Crippen LogP contribution < -0.4 is 11.1 Å². The molecule has 0 aromatic heterocycles. The first-order valence-electron chi connectivity index (χ1n) is 7.00. The molecule has 0 radical (unpaired) electrons. The average molecular weight is 290 g/mol. The molecule has 3 nitrogen and oxygen atoms in total. The third-order valence-corrected chi connectivity index (χ3v) is 3.81. The van der Waals surface area contributed by atoms with Crippen LogP contribution in [0.5, 0.6) is 0 Å². The van der Waals surface area contributed by atoms with Gasteiger partial charge in [0.05, 0.1) is 6.04 Å². The van der Waals surface area contributed by atoms with Crippen LogP contribution in [0.1, 0.15) is 43.7 Å². The van der Waals surface area contributed by atoms with Gasteiger partial charge in [-0.3, -0.25) is 4.99 Å². The first kappa shape index (κ1) is 14.7. The van der Waals surface area contributed by atoms with E-state index in [2.05, 4.69) is 16.2 Å². The second-order valence-electron chi connectivity index (χ2n) is 5.10. The Kier molecular flexibility index (Phi) is 5.31. The van der Waals surface area contributed by atoms with E-state index in [1.54, 1.807) is 0 Å². The summed E-state index contributed by atoms with van der Waals surface area (Å²) in [6, 6.07) is 7.48. The fourth-order valence-electron chi connectivity index (χ4n) is 2.47. The largest absolute Gasteiger partial charge is 0.370 e. The summed E-state index contributed by atoms with van der Waals surface area (Å²) < 4.78 is 0. The second kappa shape index (κ2) is 7.21. The zero-order valence-corrected chi connectivity index (χ0v) is 12.2. The van der Waals surface area contributed by atoms with Gasteiger partial charge in [0, 0.05) is 5.02 Å². The average Bonchev–Trinajstić information content (AvgIpc) is 2.47. The number of guanidine groups is 1. The van der Waals surface area contributed by atoms with Crippen LogP contribution in [-0.4, -0.2) is 12.0 Å². The molecule has 1 aromatic carbocycles. The van der Waals surface area contributed by atoms with E-state index in [-0.39, 0.29) is 6.04 Å². The van der Waals surface area contributed by atoms with Crippen LogP contribution in [0.2, 0.25) is 5.02 Å². The molecule has 1 aliphatic carbocycles. The van der Waals surface area contributed by atoms with Crippen molar-refractivity contribution in [3.63, 3.8) is 0 Å². The summed E-state index contributed by atoms with van der Waals surface area (Å²) in [5, 5.41) is 3.79. The first-order valence-corrected chi connectivity index (χ1v) is 7.38. The molecule has 20 heavy (non-hydrogen) atoms. The number of nitrogens with zero attached hydrogens (tertiary/aromatic N) is 1. The number of hydrogen-bond acceptors (Lipinski definition) is 1. The Labute approximate surface area is 125 Å². The second-order valence-corrected chi connectivity index (χ2v) is 5.54. The Bertz CT molecular complexity index is 495. The number of halogens is 1. The minimum absolute atomic E-state index is 0.278. The molecule has 3 N–H and O–H groups in total. The molecule has 1 saturated carbocycles. The highest BCUT2D eigenvalue weighted by molar-refractivity contribution is 6.30. The van der Waals surface area contributed by atoms with Gasteiger partial charge in [-0.05, 0) is 30.5 Å². The molecule has 0 heterocycles. The number of hydrogen-bond donors (Lipinski definition) is 2. The molecule has 106 valence electrons. The van der Waals surface area contributed by atoms with E-state index in [0.717, 1.165) is 18.4 Å². The van der Waals surface area contributed by atoms with Crippen LogP contribution in [0.25, 0.3) is 0 Å². The van der Waals surface area contributed by atoms with Crippen molar-refractivity contribution in [2.24, 2.45) is 10.7 Å². The van der Waals surface area contributed by atoms with Crippen molar-refractivity contribution in [1.82, 2.24) is 5.32 Å². The Morgan fingerprint density at radius 3 is 2.55 bits per heavy atom. The number of aliphatic imine (C=N–C) groups is 1. The molecular weight excluding hydrogens is 270 g/mol. The van der Waals surface area contributed by atoms with E-state index >= 15 is 0 Å². The van der Waals surface area contributed by atoms with Crippen LogP contribution in [0.15, 0.2) is 29.3 Å². The molecule has 0 amide bonds. The minimum atomic E-state index is -0.278. The van der Waals surface area contributed by atoms with Crippen LogP contribution in [0.3, 0.4) is 0 Å². The molecule has 0 saturated heterocycles. The van der Waals surface area contributed by atoms with Crippen molar-refractivity contribution in [2.45, 2.75) is 44.2 Å². The Morgan fingerprint density at radius 1 is 1.30 bits per heavy atom. The molecule has 1 aliphatic rings. The topological polar surface area (TPSA) is 50.4 Å². The first-order chi connectivity index (χ1) is 9.69. The van der Waals surface area contributed by atoms with Crippen molar-refractivity contribution in [3.8, 4) is 12.3 Å². The van der Waals surface area contributed by atoms with Crippen molar-refractivity contribution < 1.29 is 0 Å². The fraction of sp³-hybridized carbons (Fsp3) is 0.438. The van der Waals surface area contributed by atoms with Gasteiger partial charge in [-0.15, -0.1) is 6.42 Å². The Hall–Kier alpha value is -1.66. The standard InChI is InChI=1S/C16H20ClN3/c1-2-15(12-8-10-13(17)11-9-12)20-16(18)19-14-6-4-3-5-7-14/h1,8-11,14-15H,3-7H2,(H3,18,19,20). The molecule has 0 bridgehead atoms. The third kappa shape index (κ3) is 4.18. The summed E-state index contributed by atoms with van der Waals surface area (Å²) in [4.78, 5) is 4.53. The smallest absolute Gasteiger partial charge is 0.190 e. The van der Waals surface area contributed by atoms with Crippen LogP contribution in [0, 0.1) is 12.3 Å². The van der Waals surface area contributed by atoms with Gasteiger partial charge in [-0.25, -0.2) is 0 Å². The van der Waals surface area contributed by atoms with Gasteiger partial charge in [-0.2, -0.15) is 0 Å². The van der Waals surface area contributed by atoms with Gasteiger partial charge < -0.3 is 11.1 Å². The lowest BCUT2D eigenvalue weighted by molar-refractivity contribution is 0.442. The number of nitrogens with two attached hydrogens (primary N) is 1.